The molecule has 4 heteroatoms. The SMILES string of the molecule is C=C(C)CN1CCC(C(=O)Nc2cccc(C)n2)CC1. The lowest BCUT2D eigenvalue weighted by molar-refractivity contribution is -0.121. The maximum Gasteiger partial charge on any atom is 0.228 e. The number of amides is 1. The van der Waals surface area contributed by atoms with Gasteiger partial charge in [0.2, 0.25) is 5.91 Å². The normalized spacial score (nSPS) is 16.9. The highest BCUT2D eigenvalue weighted by Gasteiger charge is 2.25. The summed E-state index contributed by atoms with van der Waals surface area (Å²) in [5.41, 5.74) is 2.09. The van der Waals surface area contributed by atoms with Gasteiger partial charge in [-0.3, -0.25) is 9.69 Å². The molecule has 1 aliphatic rings. The Labute approximate surface area is 120 Å². The molecule has 1 N–H and O–H groups in total. The second kappa shape index (κ2) is 6.66. The van der Waals surface area contributed by atoms with Gasteiger partial charge in [-0.05, 0) is 51.9 Å². The van der Waals surface area contributed by atoms with Crippen LogP contribution in [0.1, 0.15) is 25.5 Å². The van der Waals surface area contributed by atoms with Crippen LogP contribution in [0.2, 0.25) is 0 Å². The fourth-order valence-electron chi connectivity index (χ4n) is 2.58. The molecule has 1 aliphatic heterocycles. The molecule has 0 atom stereocenters. The highest BCUT2D eigenvalue weighted by atomic mass is 16.1. The van der Waals surface area contributed by atoms with Crippen LogP contribution in [0.4, 0.5) is 5.82 Å². The smallest absolute Gasteiger partial charge is 0.228 e. The first-order valence-electron chi connectivity index (χ1n) is 7.16. The van der Waals surface area contributed by atoms with Crippen molar-refractivity contribution in [1.82, 2.24) is 9.88 Å². The number of carbonyl (C=O) groups is 1. The molecule has 1 fully saturated rings. The van der Waals surface area contributed by atoms with Gasteiger partial charge in [0.1, 0.15) is 5.82 Å². The molecule has 0 aromatic carbocycles. The van der Waals surface area contributed by atoms with Gasteiger partial charge in [-0.25, -0.2) is 4.98 Å². The van der Waals surface area contributed by atoms with E-state index in [9.17, 15) is 4.79 Å². The maximum atomic E-state index is 12.2. The van der Waals surface area contributed by atoms with Gasteiger partial charge in [-0.1, -0.05) is 18.2 Å². The molecule has 4 nitrogen and oxygen atoms in total. The molecule has 1 aromatic rings. The van der Waals surface area contributed by atoms with Gasteiger partial charge in [0.25, 0.3) is 0 Å². The summed E-state index contributed by atoms with van der Waals surface area (Å²) in [6.45, 7) is 10.8. The molecule has 0 unspecified atom stereocenters. The Hall–Kier alpha value is -1.68. The Morgan fingerprint density at radius 2 is 2.15 bits per heavy atom. The lowest BCUT2D eigenvalue weighted by Gasteiger charge is -2.31. The summed E-state index contributed by atoms with van der Waals surface area (Å²) in [6.07, 6.45) is 1.82. The van der Waals surface area contributed by atoms with E-state index in [-0.39, 0.29) is 11.8 Å². The van der Waals surface area contributed by atoms with Crippen molar-refractivity contribution >= 4 is 11.7 Å². The highest BCUT2D eigenvalue weighted by molar-refractivity contribution is 5.91. The topological polar surface area (TPSA) is 45.2 Å². The van der Waals surface area contributed by atoms with E-state index in [0.717, 1.165) is 38.2 Å². The summed E-state index contributed by atoms with van der Waals surface area (Å²) in [7, 11) is 0. The van der Waals surface area contributed by atoms with Crippen molar-refractivity contribution in [3.63, 3.8) is 0 Å². The first-order valence-corrected chi connectivity index (χ1v) is 7.16. The second-order valence-electron chi connectivity index (χ2n) is 5.66. The number of anilines is 1. The number of likely N-dealkylation sites (tertiary alicyclic amines) is 1. The van der Waals surface area contributed by atoms with Crippen LogP contribution in [0.15, 0.2) is 30.4 Å². The Morgan fingerprint density at radius 1 is 1.45 bits per heavy atom. The van der Waals surface area contributed by atoms with E-state index in [1.165, 1.54) is 5.57 Å². The van der Waals surface area contributed by atoms with Crippen molar-refractivity contribution in [3.8, 4) is 0 Å². The third-order valence-electron chi connectivity index (χ3n) is 3.59. The Bertz CT molecular complexity index is 490. The molecule has 1 amide bonds. The fraction of sp³-hybridized carbons (Fsp3) is 0.500. The summed E-state index contributed by atoms with van der Waals surface area (Å²) < 4.78 is 0. The Morgan fingerprint density at radius 3 is 2.75 bits per heavy atom. The van der Waals surface area contributed by atoms with Crippen molar-refractivity contribution in [2.75, 3.05) is 25.0 Å². The van der Waals surface area contributed by atoms with Gasteiger partial charge < -0.3 is 5.32 Å². The molecule has 20 heavy (non-hydrogen) atoms. The van der Waals surface area contributed by atoms with Gasteiger partial charge >= 0.3 is 0 Å². The summed E-state index contributed by atoms with van der Waals surface area (Å²) in [4.78, 5) is 18.9. The van der Waals surface area contributed by atoms with E-state index < -0.39 is 0 Å². The molecular formula is C16H23N3O. The van der Waals surface area contributed by atoms with Crippen molar-refractivity contribution in [2.24, 2.45) is 5.92 Å². The minimum absolute atomic E-state index is 0.0954. The molecule has 1 saturated heterocycles. The summed E-state index contributed by atoms with van der Waals surface area (Å²) in [5.74, 6) is 0.844. The van der Waals surface area contributed by atoms with E-state index in [4.69, 9.17) is 0 Å². The highest BCUT2D eigenvalue weighted by Crippen LogP contribution is 2.19. The molecule has 0 aliphatic carbocycles. The largest absolute Gasteiger partial charge is 0.310 e. The fourth-order valence-corrected chi connectivity index (χ4v) is 2.58. The molecule has 1 aromatic heterocycles. The summed E-state index contributed by atoms with van der Waals surface area (Å²) in [6, 6.07) is 5.67. The van der Waals surface area contributed by atoms with Crippen molar-refractivity contribution < 1.29 is 4.79 Å². The third-order valence-corrected chi connectivity index (χ3v) is 3.59. The van der Waals surface area contributed by atoms with Crippen LogP contribution in [0.3, 0.4) is 0 Å². The number of aryl methyl sites for hydroxylation is 1. The molecule has 2 rings (SSSR count). The van der Waals surface area contributed by atoms with E-state index in [0.29, 0.717) is 5.82 Å². The number of nitrogens with one attached hydrogen (secondary N) is 1. The quantitative estimate of drug-likeness (QED) is 0.858. The number of rotatable bonds is 4. The minimum atomic E-state index is 0.0954. The van der Waals surface area contributed by atoms with Crippen LogP contribution in [0, 0.1) is 12.8 Å². The van der Waals surface area contributed by atoms with Crippen LogP contribution in [0.5, 0.6) is 0 Å². The number of hydrogen-bond donors (Lipinski definition) is 1. The molecule has 108 valence electrons. The van der Waals surface area contributed by atoms with Gasteiger partial charge in [0.15, 0.2) is 0 Å². The number of nitrogens with zero attached hydrogens (tertiary/aromatic N) is 2. The first-order chi connectivity index (χ1) is 9.54. The summed E-state index contributed by atoms with van der Waals surface area (Å²) >= 11 is 0. The lowest BCUT2D eigenvalue weighted by atomic mass is 9.95. The Balaban J connectivity index is 1.84. The molecule has 0 bridgehead atoms. The van der Waals surface area contributed by atoms with Crippen LogP contribution in [0.25, 0.3) is 0 Å². The van der Waals surface area contributed by atoms with Gasteiger partial charge in [-0.2, -0.15) is 0 Å². The molecular weight excluding hydrogens is 250 g/mol. The van der Waals surface area contributed by atoms with Gasteiger partial charge in [-0.15, -0.1) is 0 Å². The van der Waals surface area contributed by atoms with Crippen molar-refractivity contribution in [1.29, 1.82) is 0 Å². The predicted molar refractivity (Wildman–Crippen MR) is 81.6 cm³/mol. The van der Waals surface area contributed by atoms with Crippen LogP contribution in [-0.2, 0) is 4.79 Å². The number of pyridine rings is 1. The first kappa shape index (κ1) is 14.7. The zero-order valence-corrected chi connectivity index (χ0v) is 12.4. The second-order valence-corrected chi connectivity index (χ2v) is 5.66. The van der Waals surface area contributed by atoms with Crippen molar-refractivity contribution in [3.05, 3.63) is 36.0 Å². The molecule has 0 spiro atoms. The number of hydrogen-bond acceptors (Lipinski definition) is 3. The third kappa shape index (κ3) is 4.17. The monoisotopic (exact) mass is 273 g/mol. The average Bonchev–Trinajstić information content (AvgIpc) is 2.38. The van der Waals surface area contributed by atoms with E-state index in [2.05, 4.69) is 21.8 Å². The lowest BCUT2D eigenvalue weighted by Crippen LogP contribution is -2.38. The Kier molecular flexibility index (Phi) is 4.90. The van der Waals surface area contributed by atoms with Crippen LogP contribution >= 0.6 is 0 Å². The van der Waals surface area contributed by atoms with Crippen LogP contribution < -0.4 is 5.32 Å². The molecule has 0 saturated carbocycles. The molecule has 2 heterocycles. The average molecular weight is 273 g/mol. The zero-order chi connectivity index (χ0) is 14.5. The van der Waals surface area contributed by atoms with Crippen LogP contribution in [-0.4, -0.2) is 35.4 Å². The summed E-state index contributed by atoms with van der Waals surface area (Å²) in [5, 5.41) is 2.92. The maximum absolute atomic E-state index is 12.2. The predicted octanol–water partition coefficient (Wildman–Crippen LogP) is 2.62. The van der Waals surface area contributed by atoms with Crippen molar-refractivity contribution in [2.45, 2.75) is 26.7 Å². The molecule has 0 radical (unpaired) electrons. The standard InChI is InChI=1S/C16H23N3O/c1-12(2)11-19-9-7-14(8-10-19)16(20)18-15-6-4-5-13(3)17-15/h4-6,14H,1,7-11H2,2-3H3,(H,17,18,20). The number of aromatic nitrogens is 1. The van der Waals surface area contributed by atoms with E-state index in [1.54, 1.807) is 0 Å². The van der Waals surface area contributed by atoms with Gasteiger partial charge in [0, 0.05) is 18.2 Å². The van der Waals surface area contributed by atoms with Gasteiger partial charge in [0.05, 0.1) is 0 Å². The van der Waals surface area contributed by atoms with E-state index in [1.807, 2.05) is 32.0 Å². The van der Waals surface area contributed by atoms with E-state index >= 15 is 0 Å². The number of piperidine rings is 1. The number of carbonyl (C=O) groups excluding carboxylic acids is 1. The minimum Gasteiger partial charge on any atom is -0.310 e. The zero-order valence-electron chi connectivity index (χ0n) is 12.4.